The topological polar surface area (TPSA) is 48.7 Å². The third-order valence-electron chi connectivity index (χ3n) is 4.21. The third kappa shape index (κ3) is 3.18. The fourth-order valence-electron chi connectivity index (χ4n) is 2.67. The van der Waals surface area contributed by atoms with Gasteiger partial charge in [0.1, 0.15) is 17.7 Å². The molecule has 1 aliphatic rings. The van der Waals surface area contributed by atoms with Gasteiger partial charge in [0.15, 0.2) is 0 Å². The molecule has 0 aliphatic heterocycles. The summed E-state index contributed by atoms with van der Waals surface area (Å²) in [7, 11) is 0. The first kappa shape index (κ1) is 16.2. The van der Waals surface area contributed by atoms with Crippen LogP contribution in [-0.2, 0) is 11.6 Å². The summed E-state index contributed by atoms with van der Waals surface area (Å²) in [5.74, 6) is -0.527. The largest absolute Gasteiger partial charge is 0.416 e. The Hall–Kier alpha value is -2.62. The van der Waals surface area contributed by atoms with Gasteiger partial charge in [0, 0.05) is 18.2 Å². The first-order valence-corrected chi connectivity index (χ1v) is 7.31. The van der Waals surface area contributed by atoms with Crippen molar-refractivity contribution in [1.82, 2.24) is 4.98 Å². The molecule has 3 nitrogen and oxygen atoms in total. The van der Waals surface area contributed by atoms with E-state index in [-0.39, 0.29) is 0 Å². The Morgan fingerprint density at radius 3 is 2.62 bits per heavy atom. The molecule has 2 aromatic rings. The highest BCUT2D eigenvalue weighted by molar-refractivity contribution is 5.52. The molecule has 1 fully saturated rings. The number of nitriles is 1. The summed E-state index contributed by atoms with van der Waals surface area (Å²) >= 11 is 0. The highest BCUT2D eigenvalue weighted by atomic mass is 19.4. The average Bonchev–Trinajstić information content (AvgIpc) is 3.33. The van der Waals surface area contributed by atoms with E-state index in [0.29, 0.717) is 42.4 Å². The van der Waals surface area contributed by atoms with Crippen molar-refractivity contribution in [2.24, 2.45) is 0 Å². The summed E-state index contributed by atoms with van der Waals surface area (Å²) in [6.07, 6.45) is -1.77. The van der Waals surface area contributed by atoms with E-state index in [2.05, 4.69) is 10.3 Å². The van der Waals surface area contributed by atoms with Crippen molar-refractivity contribution in [2.75, 3.05) is 11.9 Å². The van der Waals surface area contributed by atoms with Crippen LogP contribution in [0.15, 0.2) is 36.5 Å². The Morgan fingerprint density at radius 1 is 1.25 bits per heavy atom. The quantitative estimate of drug-likeness (QED) is 0.850. The van der Waals surface area contributed by atoms with Gasteiger partial charge in [-0.05, 0) is 48.7 Å². The van der Waals surface area contributed by atoms with Crippen molar-refractivity contribution in [2.45, 2.75) is 24.4 Å². The third-order valence-corrected chi connectivity index (χ3v) is 4.21. The zero-order chi connectivity index (χ0) is 17.4. The van der Waals surface area contributed by atoms with E-state index >= 15 is 0 Å². The number of hydrogen-bond acceptors (Lipinski definition) is 3. The fraction of sp³-hybridized carbons (Fsp3) is 0.294. The number of halogens is 4. The molecule has 1 saturated carbocycles. The minimum absolute atomic E-state index is 0.291. The monoisotopic (exact) mass is 335 g/mol. The number of rotatable bonds is 4. The first-order chi connectivity index (χ1) is 11.3. The van der Waals surface area contributed by atoms with E-state index in [4.69, 9.17) is 5.26 Å². The second kappa shape index (κ2) is 5.78. The number of nitrogens with one attached hydrogen (secondary N) is 1. The maximum Gasteiger partial charge on any atom is 0.416 e. The summed E-state index contributed by atoms with van der Waals surface area (Å²) in [5.41, 5.74) is -0.883. The molecule has 7 heteroatoms. The highest BCUT2D eigenvalue weighted by Gasteiger charge is 2.45. The van der Waals surface area contributed by atoms with E-state index in [1.54, 1.807) is 12.1 Å². The van der Waals surface area contributed by atoms with E-state index < -0.39 is 23.0 Å². The Labute approximate surface area is 135 Å². The Balaban J connectivity index is 1.85. The SMILES string of the molecule is N#Cc1cccnc1NCC1(c2cc(F)cc(C(F)(F)F)c2)CC1. The molecule has 0 unspecified atom stereocenters. The van der Waals surface area contributed by atoms with Gasteiger partial charge in [-0.25, -0.2) is 9.37 Å². The van der Waals surface area contributed by atoms with Gasteiger partial charge in [0.2, 0.25) is 0 Å². The molecule has 1 aromatic carbocycles. The molecule has 0 atom stereocenters. The van der Waals surface area contributed by atoms with Crippen molar-refractivity contribution < 1.29 is 17.6 Å². The number of benzene rings is 1. The molecule has 0 saturated heterocycles. The summed E-state index contributed by atoms with van der Waals surface area (Å²) in [4.78, 5) is 4.06. The van der Waals surface area contributed by atoms with Gasteiger partial charge < -0.3 is 5.32 Å². The molecule has 1 N–H and O–H groups in total. The smallest absolute Gasteiger partial charge is 0.368 e. The molecule has 0 radical (unpaired) electrons. The van der Waals surface area contributed by atoms with Crippen LogP contribution in [0, 0.1) is 17.1 Å². The van der Waals surface area contributed by atoms with Crippen molar-refractivity contribution in [3.63, 3.8) is 0 Å². The van der Waals surface area contributed by atoms with Crippen LogP contribution >= 0.6 is 0 Å². The number of alkyl halides is 3. The number of nitrogens with zero attached hydrogens (tertiary/aromatic N) is 2. The highest BCUT2D eigenvalue weighted by Crippen LogP contribution is 2.49. The molecule has 1 heterocycles. The Morgan fingerprint density at radius 2 is 2.00 bits per heavy atom. The fourth-order valence-corrected chi connectivity index (χ4v) is 2.67. The van der Waals surface area contributed by atoms with E-state index in [1.165, 1.54) is 6.20 Å². The predicted octanol–water partition coefficient (Wildman–Crippen LogP) is 4.25. The van der Waals surface area contributed by atoms with Gasteiger partial charge in [0.25, 0.3) is 0 Å². The van der Waals surface area contributed by atoms with Crippen LogP contribution in [0.3, 0.4) is 0 Å². The number of hydrogen-bond donors (Lipinski definition) is 1. The van der Waals surface area contributed by atoms with Crippen LogP contribution < -0.4 is 5.32 Å². The maximum atomic E-state index is 13.6. The minimum atomic E-state index is -4.59. The summed E-state index contributed by atoms with van der Waals surface area (Å²) in [5, 5.41) is 12.0. The molecule has 0 amide bonds. The van der Waals surface area contributed by atoms with E-state index in [0.717, 1.165) is 12.1 Å². The lowest BCUT2D eigenvalue weighted by atomic mass is 9.93. The second-order valence-corrected chi connectivity index (χ2v) is 5.87. The normalized spacial score (nSPS) is 15.6. The van der Waals surface area contributed by atoms with Crippen LogP contribution in [0.4, 0.5) is 23.4 Å². The van der Waals surface area contributed by atoms with E-state index in [9.17, 15) is 17.6 Å². The lowest BCUT2D eigenvalue weighted by Crippen LogP contribution is -2.21. The predicted molar refractivity (Wildman–Crippen MR) is 79.8 cm³/mol. The Kier molecular flexibility index (Phi) is 3.91. The van der Waals surface area contributed by atoms with Crippen LogP contribution in [0.1, 0.15) is 29.5 Å². The van der Waals surface area contributed by atoms with Crippen molar-refractivity contribution in [1.29, 1.82) is 5.26 Å². The van der Waals surface area contributed by atoms with Gasteiger partial charge in [-0.3, -0.25) is 0 Å². The zero-order valence-electron chi connectivity index (χ0n) is 12.5. The van der Waals surface area contributed by atoms with Gasteiger partial charge in [-0.15, -0.1) is 0 Å². The number of aromatic nitrogens is 1. The van der Waals surface area contributed by atoms with Crippen LogP contribution in [0.5, 0.6) is 0 Å². The molecule has 3 rings (SSSR count). The average molecular weight is 335 g/mol. The van der Waals surface area contributed by atoms with Crippen molar-refractivity contribution in [3.8, 4) is 6.07 Å². The van der Waals surface area contributed by atoms with Crippen LogP contribution in [-0.4, -0.2) is 11.5 Å². The lowest BCUT2D eigenvalue weighted by Gasteiger charge is -2.19. The molecule has 0 bridgehead atoms. The molecular formula is C17H13F4N3. The van der Waals surface area contributed by atoms with Crippen LogP contribution in [0.25, 0.3) is 0 Å². The Bertz CT molecular complexity index is 804. The van der Waals surface area contributed by atoms with Crippen LogP contribution in [0.2, 0.25) is 0 Å². The molecule has 1 aliphatic carbocycles. The van der Waals surface area contributed by atoms with Crippen molar-refractivity contribution >= 4 is 5.82 Å². The molecule has 124 valence electrons. The van der Waals surface area contributed by atoms with Crippen molar-refractivity contribution in [3.05, 3.63) is 59.0 Å². The lowest BCUT2D eigenvalue weighted by molar-refractivity contribution is -0.137. The molecule has 0 spiro atoms. The maximum absolute atomic E-state index is 13.6. The summed E-state index contributed by atoms with van der Waals surface area (Å²) < 4.78 is 52.3. The standard InChI is InChI=1S/C17H13F4N3/c18-14-7-12(6-13(8-14)17(19,20)21)16(3-4-16)10-24-15-11(9-22)2-1-5-23-15/h1-2,5-8H,3-4,10H2,(H,23,24). The first-order valence-electron chi connectivity index (χ1n) is 7.31. The zero-order valence-corrected chi connectivity index (χ0v) is 12.5. The molecule has 1 aromatic heterocycles. The van der Waals surface area contributed by atoms with E-state index in [1.807, 2.05) is 6.07 Å². The van der Waals surface area contributed by atoms with Gasteiger partial charge in [-0.2, -0.15) is 18.4 Å². The molecular weight excluding hydrogens is 322 g/mol. The summed E-state index contributed by atoms with van der Waals surface area (Å²) in [6, 6.07) is 7.86. The molecule has 24 heavy (non-hydrogen) atoms. The number of pyridine rings is 1. The van der Waals surface area contributed by atoms with Gasteiger partial charge in [0.05, 0.1) is 11.1 Å². The second-order valence-electron chi connectivity index (χ2n) is 5.87. The van der Waals surface area contributed by atoms with Gasteiger partial charge >= 0.3 is 6.18 Å². The number of anilines is 1. The van der Waals surface area contributed by atoms with Gasteiger partial charge in [-0.1, -0.05) is 0 Å². The summed E-state index contributed by atoms with van der Waals surface area (Å²) in [6.45, 7) is 0.291. The minimum Gasteiger partial charge on any atom is -0.368 e.